The van der Waals surface area contributed by atoms with Crippen molar-refractivity contribution in [3.05, 3.63) is 88.0 Å². The molecule has 3 aliphatic rings. The number of hydrogen-bond acceptors (Lipinski definition) is 21. The minimum Gasteiger partial charge on any atom is -0.508 e. The van der Waals surface area contributed by atoms with Gasteiger partial charge in [-0.15, -0.1) is 0 Å². The predicted molar refractivity (Wildman–Crippen MR) is 212 cm³/mol. The van der Waals surface area contributed by atoms with E-state index in [2.05, 4.69) is 0 Å². The van der Waals surface area contributed by atoms with Gasteiger partial charge in [-0.25, -0.2) is 9.59 Å². The molecule has 3 heterocycles. The zero-order valence-corrected chi connectivity index (χ0v) is 33.1. The molecule has 14 N–H and O–H groups in total. The molecule has 23 nitrogen and oxygen atoms in total. The molecule has 5 aromatic rings. The first kappa shape index (κ1) is 43.6. The van der Waals surface area contributed by atoms with Crippen molar-refractivity contribution in [3.8, 4) is 86.2 Å². The van der Waals surface area contributed by atoms with Gasteiger partial charge in [0, 0.05) is 59.4 Å². The highest BCUT2D eigenvalue weighted by Crippen LogP contribution is 2.60. The smallest absolute Gasteiger partial charge is 0.338 e. The van der Waals surface area contributed by atoms with E-state index in [0.717, 1.165) is 42.5 Å². The molecule has 0 spiro atoms. The molecule has 5 aromatic carbocycles. The maximum Gasteiger partial charge on any atom is 0.338 e. The number of carboxylic acid groups (broad SMARTS) is 2. The van der Waals surface area contributed by atoms with Crippen LogP contribution in [0.5, 0.6) is 86.2 Å². The standard InChI is InChI=1S/C43H34O23/c44-15-5-20(46)17-10-29(64-41(60)13-1-22(48)34(55)23(49)2-13)37(62-27(17)7-15)19-9-26(52)36(57)38-32(19)33(40(58)59)43(66-38,12-31(53)54)39-30(11-18-21(47)6-16(45)8-28(18)63-39)65-42(61)14-3-24(50)35(56)25(51)4-14/h1-9,29-30,33,37,39,44-52,55-57H,10-12H2,(H,53,54)(H,58,59)/t29-,30-,33?,37-,39+,43+/m1/s1. The number of carbonyl (C=O) groups is 4. The summed E-state index contributed by atoms with van der Waals surface area (Å²) in [5, 5.41) is 147. The van der Waals surface area contributed by atoms with Crippen LogP contribution < -0.4 is 14.2 Å². The number of phenols is 12. The first-order valence-electron chi connectivity index (χ1n) is 19.2. The molecular weight excluding hydrogens is 884 g/mol. The Morgan fingerprint density at radius 2 is 1.02 bits per heavy atom. The van der Waals surface area contributed by atoms with Gasteiger partial charge in [0.15, 0.2) is 63.8 Å². The Kier molecular flexibility index (Phi) is 10.3. The maximum atomic E-state index is 13.9. The third-order valence-corrected chi connectivity index (χ3v) is 11.3. The average molecular weight is 919 g/mol. The summed E-state index contributed by atoms with van der Waals surface area (Å²) in [6, 6.07) is 7.30. The van der Waals surface area contributed by atoms with Crippen molar-refractivity contribution in [2.75, 3.05) is 0 Å². The Hall–Kier alpha value is -9.02. The number of hydrogen-bond donors (Lipinski definition) is 14. The lowest BCUT2D eigenvalue weighted by atomic mass is 9.72. The van der Waals surface area contributed by atoms with Gasteiger partial charge in [-0.1, -0.05) is 0 Å². The summed E-state index contributed by atoms with van der Waals surface area (Å²) < 4.78 is 29.9. The molecule has 0 aromatic heterocycles. The lowest BCUT2D eigenvalue weighted by molar-refractivity contribution is -0.162. The van der Waals surface area contributed by atoms with E-state index in [-0.39, 0.29) is 16.9 Å². The number of esters is 2. The van der Waals surface area contributed by atoms with Crippen LogP contribution in [0.4, 0.5) is 0 Å². The van der Waals surface area contributed by atoms with Gasteiger partial charge in [-0.2, -0.15) is 0 Å². The number of fused-ring (bicyclic) bond motifs is 3. The Morgan fingerprint density at radius 3 is 1.50 bits per heavy atom. The second kappa shape index (κ2) is 15.7. The zero-order chi connectivity index (χ0) is 47.8. The number of benzene rings is 5. The van der Waals surface area contributed by atoms with Crippen molar-refractivity contribution in [3.63, 3.8) is 0 Å². The van der Waals surface area contributed by atoms with Crippen molar-refractivity contribution in [1.29, 1.82) is 0 Å². The molecule has 0 saturated heterocycles. The van der Waals surface area contributed by atoms with Crippen LogP contribution in [0.25, 0.3) is 0 Å². The Labute approximate surface area is 367 Å². The van der Waals surface area contributed by atoms with E-state index in [9.17, 15) is 90.7 Å². The summed E-state index contributed by atoms with van der Waals surface area (Å²) in [5.74, 6) is -21.0. The normalized spacial score (nSPS) is 21.4. The second-order valence-corrected chi connectivity index (χ2v) is 15.5. The van der Waals surface area contributed by atoms with Crippen molar-refractivity contribution in [2.45, 2.75) is 55.2 Å². The van der Waals surface area contributed by atoms with Gasteiger partial charge in [0.2, 0.25) is 5.75 Å². The van der Waals surface area contributed by atoms with E-state index in [0.29, 0.717) is 12.1 Å². The van der Waals surface area contributed by atoms with Crippen LogP contribution in [0.1, 0.15) is 61.4 Å². The fourth-order valence-corrected chi connectivity index (χ4v) is 8.46. The van der Waals surface area contributed by atoms with E-state index in [1.54, 1.807) is 0 Å². The molecule has 6 atom stereocenters. The molecular formula is C43H34O23. The van der Waals surface area contributed by atoms with Gasteiger partial charge in [0.1, 0.15) is 52.6 Å². The van der Waals surface area contributed by atoms with E-state index in [4.69, 9.17) is 23.7 Å². The summed E-state index contributed by atoms with van der Waals surface area (Å²) in [6.45, 7) is 0. The van der Waals surface area contributed by atoms with Crippen LogP contribution in [0, 0.1) is 0 Å². The fraction of sp³-hybridized carbons (Fsp3) is 0.209. The first-order chi connectivity index (χ1) is 31.1. The van der Waals surface area contributed by atoms with E-state index in [1.807, 2.05) is 0 Å². The molecule has 8 rings (SSSR count). The summed E-state index contributed by atoms with van der Waals surface area (Å²) >= 11 is 0. The highest BCUT2D eigenvalue weighted by Gasteiger charge is 2.65. The largest absolute Gasteiger partial charge is 0.508 e. The van der Waals surface area contributed by atoms with E-state index >= 15 is 0 Å². The molecule has 0 amide bonds. The van der Waals surface area contributed by atoms with Crippen LogP contribution in [-0.2, 0) is 31.9 Å². The van der Waals surface area contributed by atoms with Gasteiger partial charge < -0.3 is 95.2 Å². The molecule has 0 aliphatic carbocycles. The minimum atomic E-state index is -2.92. The van der Waals surface area contributed by atoms with Crippen molar-refractivity contribution in [1.82, 2.24) is 0 Å². The van der Waals surface area contributed by atoms with Gasteiger partial charge in [-0.3, -0.25) is 9.59 Å². The quantitative estimate of drug-likeness (QED) is 0.0746. The van der Waals surface area contributed by atoms with Gasteiger partial charge in [0.05, 0.1) is 17.5 Å². The summed E-state index contributed by atoms with van der Waals surface area (Å²) in [7, 11) is 0. The number of carbonyl (C=O) groups excluding carboxylic acids is 2. The van der Waals surface area contributed by atoms with E-state index in [1.165, 1.54) is 0 Å². The van der Waals surface area contributed by atoms with E-state index < -0.39 is 182 Å². The Bertz CT molecular complexity index is 2860. The van der Waals surface area contributed by atoms with Gasteiger partial charge in [0.25, 0.3) is 0 Å². The van der Waals surface area contributed by atoms with Crippen LogP contribution >= 0.6 is 0 Å². The number of phenolic OH excluding ortho intramolecular Hbond substituents is 12. The predicted octanol–water partition coefficient (Wildman–Crippen LogP) is 3.06. The van der Waals surface area contributed by atoms with Crippen LogP contribution in [-0.4, -0.2) is 119 Å². The van der Waals surface area contributed by atoms with Crippen LogP contribution in [0.2, 0.25) is 0 Å². The molecule has 66 heavy (non-hydrogen) atoms. The highest BCUT2D eigenvalue weighted by atomic mass is 16.6. The Morgan fingerprint density at radius 1 is 0.561 bits per heavy atom. The Balaban J connectivity index is 1.31. The molecule has 0 fully saturated rings. The van der Waals surface area contributed by atoms with Crippen LogP contribution in [0.15, 0.2) is 54.6 Å². The lowest BCUT2D eigenvalue weighted by Crippen LogP contribution is -2.62. The highest BCUT2D eigenvalue weighted by molar-refractivity contribution is 5.92. The second-order valence-electron chi connectivity index (χ2n) is 15.5. The number of aromatic hydroxyl groups is 12. The van der Waals surface area contributed by atoms with Crippen molar-refractivity contribution >= 4 is 23.9 Å². The molecule has 0 bridgehead atoms. The molecule has 0 saturated carbocycles. The van der Waals surface area contributed by atoms with Gasteiger partial charge in [-0.05, 0) is 30.3 Å². The number of ether oxygens (including phenoxy) is 5. The van der Waals surface area contributed by atoms with Crippen molar-refractivity contribution < 1.29 is 114 Å². The molecule has 3 aliphatic heterocycles. The van der Waals surface area contributed by atoms with Gasteiger partial charge >= 0.3 is 23.9 Å². The summed E-state index contributed by atoms with van der Waals surface area (Å²) in [4.78, 5) is 54.2. The molecule has 344 valence electrons. The van der Waals surface area contributed by atoms with Crippen molar-refractivity contribution in [2.24, 2.45) is 0 Å². The number of aliphatic carboxylic acids is 2. The maximum absolute atomic E-state index is 13.9. The SMILES string of the molecule is O=C(O)C[C@]1([C@H]2Oc3cc(O)cc(O)c3C[C@H]2OC(=O)c2cc(O)c(O)c(O)c2)Oc2c(O)c(O)cc([C@H]3Oc4cc(O)cc(O)c4C[C@H]3OC(=O)c3cc(O)c(O)c(O)c3)c2C1C(=O)O. The minimum absolute atomic E-state index is 0.0927. The van der Waals surface area contributed by atoms with Crippen LogP contribution in [0.3, 0.4) is 0 Å². The fourth-order valence-electron chi connectivity index (χ4n) is 8.46. The third kappa shape index (κ3) is 7.22. The first-order valence-corrected chi connectivity index (χ1v) is 19.2. The number of carboxylic acids is 2. The molecule has 1 unspecified atom stereocenters. The average Bonchev–Trinajstić information content (AvgIpc) is 3.58. The zero-order valence-electron chi connectivity index (χ0n) is 33.1. The number of rotatable bonds is 9. The summed E-state index contributed by atoms with van der Waals surface area (Å²) in [5.41, 5.74) is -5.52. The topological polar surface area (TPSA) is 398 Å². The molecule has 23 heteroatoms. The summed E-state index contributed by atoms with van der Waals surface area (Å²) in [6.07, 6.45) is -10.3. The molecule has 0 radical (unpaired) electrons. The third-order valence-electron chi connectivity index (χ3n) is 11.3. The lowest BCUT2D eigenvalue weighted by Gasteiger charge is -2.44. The monoisotopic (exact) mass is 918 g/mol.